The van der Waals surface area contributed by atoms with Gasteiger partial charge in [-0.1, -0.05) is 43.3 Å². The molecule has 3 aromatic rings. The van der Waals surface area contributed by atoms with Crippen LogP contribution in [0.15, 0.2) is 59.4 Å². The second kappa shape index (κ2) is 12.3. The number of aromatic amines is 1. The minimum Gasteiger partial charge on any atom is -0.379 e. The summed E-state index contributed by atoms with van der Waals surface area (Å²) in [4.78, 5) is 20.6. The Morgan fingerprint density at radius 2 is 1.94 bits per heavy atom. The van der Waals surface area contributed by atoms with Crippen LogP contribution in [0.5, 0.6) is 0 Å². The lowest BCUT2D eigenvalue weighted by molar-refractivity contribution is 0.0367. The minimum absolute atomic E-state index is 0.0566. The predicted octanol–water partition coefficient (Wildman–Crippen LogP) is 4.25. The molecule has 0 radical (unpaired) electrons. The van der Waals surface area contributed by atoms with Gasteiger partial charge in [0.15, 0.2) is 5.11 Å². The molecule has 35 heavy (non-hydrogen) atoms. The quantitative estimate of drug-likeness (QED) is 0.436. The molecule has 4 rings (SSSR count). The number of aromatic nitrogens is 1. The first-order chi connectivity index (χ1) is 17.0. The van der Waals surface area contributed by atoms with Gasteiger partial charge in [-0.2, -0.15) is 0 Å². The summed E-state index contributed by atoms with van der Waals surface area (Å²) in [6.45, 7) is 10.0. The zero-order valence-electron chi connectivity index (χ0n) is 20.8. The number of thiocarbonyl (C=S) groups is 1. The van der Waals surface area contributed by atoms with Crippen molar-refractivity contribution >= 4 is 28.2 Å². The van der Waals surface area contributed by atoms with Crippen molar-refractivity contribution in [3.8, 4) is 0 Å². The zero-order valence-corrected chi connectivity index (χ0v) is 21.6. The van der Waals surface area contributed by atoms with Crippen LogP contribution in [-0.4, -0.2) is 59.3 Å². The van der Waals surface area contributed by atoms with Crippen LogP contribution in [0, 0.1) is 0 Å². The maximum absolute atomic E-state index is 12.9. The number of morpholine rings is 1. The molecule has 0 saturated carbocycles. The summed E-state index contributed by atoms with van der Waals surface area (Å²) in [6.07, 6.45) is 1.93. The van der Waals surface area contributed by atoms with E-state index in [4.69, 9.17) is 17.0 Å². The molecule has 1 aliphatic heterocycles. The lowest BCUT2D eigenvalue weighted by Crippen LogP contribution is -2.43. The monoisotopic (exact) mass is 492 g/mol. The van der Waals surface area contributed by atoms with Crippen LogP contribution >= 0.6 is 12.2 Å². The van der Waals surface area contributed by atoms with E-state index in [1.54, 1.807) is 0 Å². The molecule has 6 nitrogen and oxygen atoms in total. The molecule has 1 aliphatic rings. The van der Waals surface area contributed by atoms with E-state index in [0.29, 0.717) is 11.7 Å². The maximum atomic E-state index is 12.9. The van der Waals surface area contributed by atoms with Crippen LogP contribution < -0.4 is 10.9 Å². The van der Waals surface area contributed by atoms with Crippen molar-refractivity contribution in [3.63, 3.8) is 0 Å². The van der Waals surface area contributed by atoms with Gasteiger partial charge in [0.1, 0.15) is 0 Å². The van der Waals surface area contributed by atoms with Gasteiger partial charge in [-0.05, 0) is 66.7 Å². The Morgan fingerprint density at radius 1 is 1.17 bits per heavy atom. The Balaban J connectivity index is 1.51. The molecular weight excluding hydrogens is 456 g/mol. The molecule has 186 valence electrons. The van der Waals surface area contributed by atoms with E-state index in [2.05, 4.69) is 58.2 Å². The van der Waals surface area contributed by atoms with Gasteiger partial charge in [-0.25, -0.2) is 0 Å². The van der Waals surface area contributed by atoms with Gasteiger partial charge < -0.3 is 19.9 Å². The summed E-state index contributed by atoms with van der Waals surface area (Å²) in [5.74, 6) is 0. The van der Waals surface area contributed by atoms with E-state index in [9.17, 15) is 4.79 Å². The third kappa shape index (κ3) is 6.90. The number of aryl methyl sites for hydroxylation is 1. The van der Waals surface area contributed by atoms with Crippen molar-refractivity contribution in [1.82, 2.24) is 20.1 Å². The number of benzene rings is 2. The number of rotatable bonds is 9. The van der Waals surface area contributed by atoms with E-state index < -0.39 is 0 Å². The summed E-state index contributed by atoms with van der Waals surface area (Å²) >= 11 is 5.87. The minimum atomic E-state index is -0.0566. The lowest BCUT2D eigenvalue weighted by Gasteiger charge is -2.30. The molecule has 0 unspecified atom stereocenters. The van der Waals surface area contributed by atoms with Crippen molar-refractivity contribution in [3.05, 3.63) is 81.6 Å². The highest BCUT2D eigenvalue weighted by Gasteiger charge is 2.17. The highest BCUT2D eigenvalue weighted by atomic mass is 32.1. The number of fused-ring (bicyclic) bond motifs is 1. The van der Waals surface area contributed by atoms with Crippen LogP contribution in [0.2, 0.25) is 0 Å². The summed E-state index contributed by atoms with van der Waals surface area (Å²) in [5, 5.41) is 5.22. The smallest absolute Gasteiger partial charge is 0.253 e. The van der Waals surface area contributed by atoms with Crippen molar-refractivity contribution in [1.29, 1.82) is 0 Å². The van der Waals surface area contributed by atoms with E-state index in [1.165, 1.54) is 11.1 Å². The Bertz CT molecular complexity index is 1170. The molecular formula is C28H36N4O2S. The van der Waals surface area contributed by atoms with Crippen molar-refractivity contribution in [2.24, 2.45) is 0 Å². The SMILES string of the molecule is CCc1ccc2[nH]c(=O)c(CN(CCCN3CCOCC3)C(=S)N[C@@H](C)c3ccccc3)cc2c1. The van der Waals surface area contributed by atoms with Crippen molar-refractivity contribution in [2.45, 2.75) is 39.3 Å². The first-order valence-corrected chi connectivity index (χ1v) is 13.0. The van der Waals surface area contributed by atoms with Crippen LogP contribution in [0.25, 0.3) is 10.9 Å². The zero-order chi connectivity index (χ0) is 24.6. The maximum Gasteiger partial charge on any atom is 0.253 e. The molecule has 1 atom stereocenters. The van der Waals surface area contributed by atoms with Crippen LogP contribution in [0.4, 0.5) is 0 Å². The first-order valence-electron chi connectivity index (χ1n) is 12.6. The second-order valence-electron chi connectivity index (χ2n) is 9.21. The second-order valence-corrected chi connectivity index (χ2v) is 9.60. The van der Waals surface area contributed by atoms with Gasteiger partial charge in [0, 0.05) is 37.3 Å². The van der Waals surface area contributed by atoms with E-state index >= 15 is 0 Å². The van der Waals surface area contributed by atoms with Gasteiger partial charge in [-0.15, -0.1) is 0 Å². The van der Waals surface area contributed by atoms with E-state index in [1.807, 2.05) is 30.3 Å². The summed E-state index contributed by atoms with van der Waals surface area (Å²) in [7, 11) is 0. The topological polar surface area (TPSA) is 60.6 Å². The number of pyridine rings is 1. The Hall–Kier alpha value is -2.74. The average Bonchev–Trinajstić information content (AvgIpc) is 2.89. The molecule has 1 saturated heterocycles. The summed E-state index contributed by atoms with van der Waals surface area (Å²) in [5.41, 5.74) is 3.98. The van der Waals surface area contributed by atoms with Crippen LogP contribution in [-0.2, 0) is 17.7 Å². The highest BCUT2D eigenvalue weighted by molar-refractivity contribution is 7.80. The molecule has 0 amide bonds. The number of H-pyrrole nitrogens is 1. The van der Waals surface area contributed by atoms with E-state index in [0.717, 1.165) is 68.7 Å². The fourth-order valence-corrected chi connectivity index (χ4v) is 4.84. The van der Waals surface area contributed by atoms with E-state index in [-0.39, 0.29) is 11.6 Å². The third-order valence-electron chi connectivity index (χ3n) is 6.69. The lowest BCUT2D eigenvalue weighted by atomic mass is 10.1. The Morgan fingerprint density at radius 3 is 2.69 bits per heavy atom. The molecule has 1 fully saturated rings. The molecule has 2 N–H and O–H groups in total. The number of nitrogens with one attached hydrogen (secondary N) is 2. The van der Waals surface area contributed by atoms with Crippen molar-refractivity contribution < 1.29 is 4.74 Å². The summed E-state index contributed by atoms with van der Waals surface area (Å²) in [6, 6.07) is 18.6. The van der Waals surface area contributed by atoms with Crippen LogP contribution in [0.3, 0.4) is 0 Å². The summed E-state index contributed by atoms with van der Waals surface area (Å²) < 4.78 is 5.47. The highest BCUT2D eigenvalue weighted by Crippen LogP contribution is 2.17. The standard InChI is InChI=1S/C28H36N4O2S/c1-3-22-10-11-26-24(18-22)19-25(27(33)30-26)20-32(13-7-12-31-14-16-34-17-15-31)28(35)29-21(2)23-8-5-4-6-9-23/h4-6,8-11,18-19,21H,3,7,12-17,20H2,1-2H3,(H,29,35)(H,30,33)/t21-/m0/s1. The molecule has 2 aromatic carbocycles. The van der Waals surface area contributed by atoms with Gasteiger partial charge >= 0.3 is 0 Å². The number of nitrogens with zero attached hydrogens (tertiary/aromatic N) is 2. The van der Waals surface area contributed by atoms with Gasteiger partial charge in [-0.3, -0.25) is 9.69 Å². The van der Waals surface area contributed by atoms with Crippen molar-refractivity contribution in [2.75, 3.05) is 39.4 Å². The van der Waals surface area contributed by atoms with Crippen LogP contribution in [0.1, 0.15) is 43.0 Å². The molecule has 0 spiro atoms. The number of hydrogen-bond acceptors (Lipinski definition) is 4. The third-order valence-corrected chi connectivity index (χ3v) is 7.06. The number of hydrogen-bond donors (Lipinski definition) is 2. The molecule has 7 heteroatoms. The fraction of sp³-hybridized carbons (Fsp3) is 0.429. The Labute approximate surface area is 213 Å². The van der Waals surface area contributed by atoms with Gasteiger partial charge in [0.2, 0.25) is 0 Å². The number of ether oxygens (including phenoxy) is 1. The first kappa shape index (κ1) is 25.4. The molecule has 0 aliphatic carbocycles. The fourth-order valence-electron chi connectivity index (χ4n) is 4.51. The Kier molecular flexibility index (Phi) is 8.90. The largest absolute Gasteiger partial charge is 0.379 e. The average molecular weight is 493 g/mol. The van der Waals surface area contributed by atoms with Gasteiger partial charge in [0.05, 0.1) is 25.8 Å². The molecule has 1 aromatic heterocycles. The van der Waals surface area contributed by atoms with Gasteiger partial charge in [0.25, 0.3) is 5.56 Å². The predicted molar refractivity (Wildman–Crippen MR) is 147 cm³/mol. The normalized spacial score (nSPS) is 15.1. The molecule has 0 bridgehead atoms. The molecule has 2 heterocycles.